The average molecular weight is 334 g/mol. The Bertz CT molecular complexity index is 435. The third-order valence-electron chi connectivity index (χ3n) is 3.78. The zero-order valence-corrected chi connectivity index (χ0v) is 12.6. The van der Waals surface area contributed by atoms with Gasteiger partial charge in [-0.05, 0) is 6.42 Å². The Labute approximate surface area is 124 Å². The number of ether oxygens (including phenoxy) is 2. The topological polar surface area (TPSA) is 55.8 Å². The molecule has 130 valence electrons. The molecule has 1 fully saturated rings. The van der Waals surface area contributed by atoms with Gasteiger partial charge in [0.1, 0.15) is 0 Å². The molecule has 1 aliphatic rings. The van der Waals surface area contributed by atoms with E-state index in [1.807, 2.05) is 0 Å². The normalized spacial score (nSPS) is 32.4. The molecule has 4 nitrogen and oxygen atoms in total. The summed E-state index contributed by atoms with van der Waals surface area (Å²) in [4.78, 5) is 11.7. The molecule has 0 aromatic heterocycles. The summed E-state index contributed by atoms with van der Waals surface area (Å²) in [6, 6.07) is 0. The van der Waals surface area contributed by atoms with E-state index in [-0.39, 0.29) is 6.42 Å². The van der Waals surface area contributed by atoms with E-state index in [4.69, 9.17) is 0 Å². The zero-order chi connectivity index (χ0) is 17.6. The number of carbonyl (C=O) groups excluding carboxylic acids is 1. The first kappa shape index (κ1) is 19.1. The Hall–Kier alpha value is -0.960. The van der Waals surface area contributed by atoms with Gasteiger partial charge in [0.05, 0.1) is 12.5 Å². The van der Waals surface area contributed by atoms with E-state index < -0.39 is 47.9 Å². The standard InChI is InChI=1S/C13H19F5O4/c1-5-7(2)8(19)22-9-10(3,4)6-21-12(20,11(9,14)15)13(16,17)18/h7,9,20H,5-6H2,1-4H3. The molecule has 22 heavy (non-hydrogen) atoms. The molecule has 9 heteroatoms. The summed E-state index contributed by atoms with van der Waals surface area (Å²) < 4.78 is 75.7. The van der Waals surface area contributed by atoms with Gasteiger partial charge in [-0.3, -0.25) is 4.79 Å². The Morgan fingerprint density at radius 2 is 1.91 bits per heavy atom. The summed E-state index contributed by atoms with van der Waals surface area (Å²) >= 11 is 0. The molecule has 1 rings (SSSR count). The predicted octanol–water partition coefficient (Wildman–Crippen LogP) is 2.89. The van der Waals surface area contributed by atoms with Crippen molar-refractivity contribution >= 4 is 5.97 Å². The quantitative estimate of drug-likeness (QED) is 0.637. The molecule has 1 heterocycles. The molecule has 1 saturated heterocycles. The number of hydrogen-bond acceptors (Lipinski definition) is 4. The molecular weight excluding hydrogens is 315 g/mol. The maximum atomic E-state index is 14.3. The van der Waals surface area contributed by atoms with Crippen molar-refractivity contribution in [1.82, 2.24) is 0 Å². The Balaban J connectivity index is 3.22. The van der Waals surface area contributed by atoms with Crippen LogP contribution in [0, 0.1) is 11.3 Å². The summed E-state index contributed by atoms with van der Waals surface area (Å²) in [5.41, 5.74) is -1.61. The monoisotopic (exact) mass is 334 g/mol. The Morgan fingerprint density at radius 3 is 2.32 bits per heavy atom. The lowest BCUT2D eigenvalue weighted by Crippen LogP contribution is -2.72. The summed E-state index contributed by atoms with van der Waals surface area (Å²) in [6.07, 6.45) is -7.94. The van der Waals surface area contributed by atoms with Gasteiger partial charge in [-0.25, -0.2) is 0 Å². The van der Waals surface area contributed by atoms with E-state index in [0.29, 0.717) is 0 Å². The van der Waals surface area contributed by atoms with Crippen LogP contribution in [0.3, 0.4) is 0 Å². The highest BCUT2D eigenvalue weighted by molar-refractivity contribution is 5.72. The number of aliphatic hydroxyl groups is 1. The van der Waals surface area contributed by atoms with Gasteiger partial charge in [-0.2, -0.15) is 22.0 Å². The van der Waals surface area contributed by atoms with E-state index in [1.54, 1.807) is 6.92 Å². The summed E-state index contributed by atoms with van der Waals surface area (Å²) in [5.74, 6) is -11.4. The smallest absolute Gasteiger partial charge is 0.449 e. The lowest BCUT2D eigenvalue weighted by Gasteiger charge is -2.50. The highest BCUT2D eigenvalue weighted by Crippen LogP contribution is 2.53. The van der Waals surface area contributed by atoms with Crippen molar-refractivity contribution in [2.24, 2.45) is 11.3 Å². The average Bonchev–Trinajstić information content (AvgIpc) is 2.37. The van der Waals surface area contributed by atoms with Crippen LogP contribution in [0.1, 0.15) is 34.1 Å². The van der Waals surface area contributed by atoms with E-state index in [1.165, 1.54) is 20.8 Å². The lowest BCUT2D eigenvalue weighted by molar-refractivity contribution is -0.470. The number of esters is 1. The largest absolute Gasteiger partial charge is 0.455 e. The predicted molar refractivity (Wildman–Crippen MR) is 65.0 cm³/mol. The summed E-state index contributed by atoms with van der Waals surface area (Å²) in [5, 5.41) is 9.36. The molecule has 0 aliphatic carbocycles. The first-order valence-electron chi connectivity index (χ1n) is 6.72. The zero-order valence-electron chi connectivity index (χ0n) is 12.6. The van der Waals surface area contributed by atoms with E-state index in [9.17, 15) is 31.9 Å². The van der Waals surface area contributed by atoms with Crippen LogP contribution < -0.4 is 0 Å². The van der Waals surface area contributed by atoms with Gasteiger partial charge in [-0.15, -0.1) is 0 Å². The molecule has 0 aromatic rings. The SMILES string of the molecule is CCC(C)C(=O)OC1C(C)(C)COC(O)(C(F)(F)F)C1(F)F. The van der Waals surface area contributed by atoms with Crippen LogP contribution in [0.4, 0.5) is 22.0 Å². The molecule has 3 unspecified atom stereocenters. The van der Waals surface area contributed by atoms with Crippen LogP contribution in [0.2, 0.25) is 0 Å². The first-order chi connectivity index (χ1) is 9.70. The van der Waals surface area contributed by atoms with E-state index in [2.05, 4.69) is 9.47 Å². The maximum Gasteiger partial charge on any atom is 0.449 e. The van der Waals surface area contributed by atoms with Gasteiger partial charge in [0, 0.05) is 5.41 Å². The van der Waals surface area contributed by atoms with Gasteiger partial charge in [0.2, 0.25) is 0 Å². The van der Waals surface area contributed by atoms with Crippen LogP contribution in [0.25, 0.3) is 0 Å². The Morgan fingerprint density at radius 1 is 1.41 bits per heavy atom. The fourth-order valence-corrected chi connectivity index (χ4v) is 2.03. The molecule has 0 aromatic carbocycles. The molecule has 0 saturated carbocycles. The van der Waals surface area contributed by atoms with E-state index >= 15 is 0 Å². The number of hydrogen-bond donors (Lipinski definition) is 1. The molecule has 0 bridgehead atoms. The fraction of sp³-hybridized carbons (Fsp3) is 0.923. The second-order valence-corrected chi connectivity index (χ2v) is 6.17. The van der Waals surface area contributed by atoms with E-state index in [0.717, 1.165) is 0 Å². The third kappa shape index (κ3) is 2.92. The summed E-state index contributed by atoms with van der Waals surface area (Å²) in [6.45, 7) is 4.50. The first-order valence-corrected chi connectivity index (χ1v) is 6.72. The van der Waals surface area contributed by atoms with Crippen molar-refractivity contribution in [3.63, 3.8) is 0 Å². The van der Waals surface area contributed by atoms with Crippen LogP contribution in [-0.4, -0.2) is 41.7 Å². The van der Waals surface area contributed by atoms with Gasteiger partial charge in [0.25, 0.3) is 0 Å². The number of halogens is 5. The van der Waals surface area contributed by atoms with Crippen molar-refractivity contribution < 1.29 is 41.3 Å². The van der Waals surface area contributed by atoms with Crippen molar-refractivity contribution in [2.45, 2.75) is 58.1 Å². The fourth-order valence-electron chi connectivity index (χ4n) is 2.03. The maximum absolute atomic E-state index is 14.3. The third-order valence-corrected chi connectivity index (χ3v) is 3.78. The van der Waals surface area contributed by atoms with Crippen LogP contribution in [0.5, 0.6) is 0 Å². The van der Waals surface area contributed by atoms with Gasteiger partial charge in [-0.1, -0.05) is 27.7 Å². The van der Waals surface area contributed by atoms with Crippen molar-refractivity contribution in [3.05, 3.63) is 0 Å². The van der Waals surface area contributed by atoms with Crippen molar-refractivity contribution in [2.75, 3.05) is 6.61 Å². The molecule has 3 atom stereocenters. The molecule has 0 amide bonds. The van der Waals surface area contributed by atoms with Crippen molar-refractivity contribution in [1.29, 1.82) is 0 Å². The minimum atomic E-state index is -5.74. The number of rotatable bonds is 3. The number of alkyl halides is 5. The van der Waals surface area contributed by atoms with Crippen LogP contribution in [-0.2, 0) is 14.3 Å². The van der Waals surface area contributed by atoms with Gasteiger partial charge >= 0.3 is 23.9 Å². The highest BCUT2D eigenvalue weighted by atomic mass is 19.4. The van der Waals surface area contributed by atoms with Gasteiger partial charge in [0.15, 0.2) is 6.10 Å². The molecule has 0 radical (unpaired) electrons. The molecule has 0 spiro atoms. The minimum Gasteiger partial charge on any atom is -0.455 e. The summed E-state index contributed by atoms with van der Waals surface area (Å²) in [7, 11) is 0. The molecular formula is C13H19F5O4. The number of carbonyl (C=O) groups is 1. The van der Waals surface area contributed by atoms with Gasteiger partial charge < -0.3 is 14.6 Å². The second kappa shape index (κ2) is 5.59. The minimum absolute atomic E-state index is 0.275. The van der Waals surface area contributed by atoms with Crippen molar-refractivity contribution in [3.8, 4) is 0 Å². The second-order valence-electron chi connectivity index (χ2n) is 6.17. The molecule has 1 N–H and O–H groups in total. The van der Waals surface area contributed by atoms with Crippen LogP contribution in [0.15, 0.2) is 0 Å². The Kier molecular flexibility index (Phi) is 4.85. The highest BCUT2D eigenvalue weighted by Gasteiger charge is 2.78. The molecule has 1 aliphatic heterocycles. The lowest BCUT2D eigenvalue weighted by atomic mass is 9.78. The van der Waals surface area contributed by atoms with Crippen LogP contribution >= 0.6 is 0 Å².